The minimum atomic E-state index is -0.197. The molecule has 0 atom stereocenters. The van der Waals surface area contributed by atoms with Gasteiger partial charge in [-0.05, 0) is 24.3 Å². The van der Waals surface area contributed by atoms with Gasteiger partial charge in [0.2, 0.25) is 0 Å². The van der Waals surface area contributed by atoms with Gasteiger partial charge in [-0.2, -0.15) is 0 Å². The quantitative estimate of drug-likeness (QED) is 0.606. The van der Waals surface area contributed by atoms with E-state index < -0.39 is 0 Å². The molecule has 0 bridgehead atoms. The lowest BCUT2D eigenvalue weighted by molar-refractivity contribution is 0.0948. The lowest BCUT2D eigenvalue weighted by atomic mass is 10.2. The molecule has 2 N–H and O–H groups in total. The summed E-state index contributed by atoms with van der Waals surface area (Å²) < 4.78 is 6.72. The third-order valence-electron chi connectivity index (χ3n) is 4.00. The molecule has 0 spiro atoms. The first-order valence-corrected chi connectivity index (χ1v) is 7.65. The SMILES string of the molecule is O=C(NCCn1ccc2ccoc2c1=O)c1cc2ccccc2[nH]1. The van der Waals surface area contributed by atoms with E-state index in [2.05, 4.69) is 10.3 Å². The van der Waals surface area contributed by atoms with Crippen LogP contribution in [0.25, 0.3) is 21.9 Å². The number of benzene rings is 1. The van der Waals surface area contributed by atoms with Crippen LogP contribution in [-0.2, 0) is 6.54 Å². The molecule has 0 radical (unpaired) electrons. The van der Waals surface area contributed by atoms with Gasteiger partial charge in [-0.1, -0.05) is 18.2 Å². The number of H-pyrrole nitrogens is 1. The van der Waals surface area contributed by atoms with E-state index in [-0.39, 0.29) is 11.5 Å². The molecule has 0 aliphatic rings. The van der Waals surface area contributed by atoms with Crippen LogP contribution in [0, 0.1) is 0 Å². The summed E-state index contributed by atoms with van der Waals surface area (Å²) in [5.74, 6) is -0.196. The first-order valence-electron chi connectivity index (χ1n) is 7.65. The van der Waals surface area contributed by atoms with Crippen LogP contribution in [0.1, 0.15) is 10.5 Å². The fourth-order valence-electron chi connectivity index (χ4n) is 2.75. The summed E-state index contributed by atoms with van der Waals surface area (Å²) >= 11 is 0. The number of carbonyl (C=O) groups excluding carboxylic acids is 1. The van der Waals surface area contributed by atoms with Crippen molar-refractivity contribution in [2.24, 2.45) is 0 Å². The predicted octanol–water partition coefficient (Wildman–Crippen LogP) is 2.51. The molecule has 4 aromatic rings. The summed E-state index contributed by atoms with van der Waals surface area (Å²) in [6.45, 7) is 0.724. The number of fused-ring (bicyclic) bond motifs is 2. The second-order valence-corrected chi connectivity index (χ2v) is 5.55. The number of carbonyl (C=O) groups is 1. The van der Waals surface area contributed by atoms with Gasteiger partial charge in [0.1, 0.15) is 5.69 Å². The molecule has 6 nitrogen and oxygen atoms in total. The predicted molar refractivity (Wildman–Crippen MR) is 91.1 cm³/mol. The molecule has 4 rings (SSSR count). The Kier molecular flexibility index (Phi) is 3.42. The second-order valence-electron chi connectivity index (χ2n) is 5.55. The van der Waals surface area contributed by atoms with Crippen LogP contribution >= 0.6 is 0 Å². The third-order valence-corrected chi connectivity index (χ3v) is 4.00. The van der Waals surface area contributed by atoms with E-state index >= 15 is 0 Å². The largest absolute Gasteiger partial charge is 0.459 e. The Morgan fingerprint density at radius 3 is 2.92 bits per heavy atom. The summed E-state index contributed by atoms with van der Waals surface area (Å²) in [7, 11) is 0. The van der Waals surface area contributed by atoms with E-state index in [1.807, 2.05) is 36.4 Å². The monoisotopic (exact) mass is 321 g/mol. The molecule has 0 fully saturated rings. The van der Waals surface area contributed by atoms with Crippen molar-refractivity contribution in [2.75, 3.05) is 6.54 Å². The lowest BCUT2D eigenvalue weighted by Crippen LogP contribution is -2.30. The minimum absolute atomic E-state index is 0.196. The van der Waals surface area contributed by atoms with E-state index in [1.165, 1.54) is 10.8 Å². The highest BCUT2D eigenvalue weighted by Crippen LogP contribution is 2.14. The van der Waals surface area contributed by atoms with Crippen LogP contribution in [0.2, 0.25) is 0 Å². The molecule has 3 heterocycles. The number of para-hydroxylation sites is 1. The molecule has 0 aliphatic heterocycles. The van der Waals surface area contributed by atoms with Crippen molar-refractivity contribution in [1.29, 1.82) is 0 Å². The Balaban J connectivity index is 1.45. The fraction of sp³-hybridized carbons (Fsp3) is 0.111. The van der Waals surface area contributed by atoms with Gasteiger partial charge in [-0.25, -0.2) is 0 Å². The topological polar surface area (TPSA) is 80.0 Å². The van der Waals surface area contributed by atoms with Gasteiger partial charge < -0.3 is 19.3 Å². The molecular weight excluding hydrogens is 306 g/mol. The van der Waals surface area contributed by atoms with Gasteiger partial charge >= 0.3 is 0 Å². The van der Waals surface area contributed by atoms with Gasteiger partial charge in [0.05, 0.1) is 6.26 Å². The number of hydrogen-bond acceptors (Lipinski definition) is 3. The lowest BCUT2D eigenvalue weighted by Gasteiger charge is -2.06. The van der Waals surface area contributed by atoms with E-state index in [0.29, 0.717) is 24.4 Å². The Morgan fingerprint density at radius 1 is 1.17 bits per heavy atom. The minimum Gasteiger partial charge on any atom is -0.459 e. The molecule has 0 aliphatic carbocycles. The number of rotatable bonds is 4. The standard InChI is InChI=1S/C18H15N3O3/c22-17(15-11-13-3-1-2-4-14(13)20-15)19-7-9-21-8-5-12-6-10-24-16(12)18(21)23/h1-6,8,10-11,20H,7,9H2,(H,19,22). The highest BCUT2D eigenvalue weighted by atomic mass is 16.3. The van der Waals surface area contributed by atoms with Crippen molar-refractivity contribution >= 4 is 27.8 Å². The summed E-state index contributed by atoms with van der Waals surface area (Å²) in [6, 6.07) is 13.1. The van der Waals surface area contributed by atoms with Gasteiger partial charge in [0, 0.05) is 35.6 Å². The van der Waals surface area contributed by atoms with E-state index in [1.54, 1.807) is 12.3 Å². The van der Waals surface area contributed by atoms with Crippen molar-refractivity contribution in [3.8, 4) is 0 Å². The normalized spacial score (nSPS) is 11.2. The molecule has 3 aromatic heterocycles. The summed E-state index contributed by atoms with van der Waals surface area (Å²) in [4.78, 5) is 27.5. The third kappa shape index (κ3) is 2.48. The summed E-state index contributed by atoms with van der Waals surface area (Å²) in [5.41, 5.74) is 1.56. The maximum atomic E-state index is 12.2. The van der Waals surface area contributed by atoms with E-state index in [0.717, 1.165) is 16.3 Å². The molecule has 1 amide bonds. The van der Waals surface area contributed by atoms with Crippen LogP contribution in [0.3, 0.4) is 0 Å². The zero-order valence-electron chi connectivity index (χ0n) is 12.8. The molecular formula is C18H15N3O3. The zero-order valence-corrected chi connectivity index (χ0v) is 12.8. The first kappa shape index (κ1) is 14.3. The van der Waals surface area contributed by atoms with Crippen molar-refractivity contribution in [3.05, 3.63) is 71.0 Å². The Morgan fingerprint density at radius 2 is 2.04 bits per heavy atom. The molecule has 0 unspecified atom stereocenters. The maximum absolute atomic E-state index is 12.2. The molecule has 6 heteroatoms. The molecule has 0 saturated heterocycles. The van der Waals surface area contributed by atoms with Crippen molar-refractivity contribution in [1.82, 2.24) is 14.9 Å². The van der Waals surface area contributed by atoms with Gasteiger partial charge in [0.15, 0.2) is 5.58 Å². The molecule has 120 valence electrons. The summed E-state index contributed by atoms with van der Waals surface area (Å²) in [6.07, 6.45) is 3.20. The van der Waals surface area contributed by atoms with Crippen LogP contribution in [0.15, 0.2) is 64.1 Å². The number of hydrogen-bond donors (Lipinski definition) is 2. The molecule has 1 aromatic carbocycles. The number of pyridine rings is 1. The molecule has 24 heavy (non-hydrogen) atoms. The van der Waals surface area contributed by atoms with Crippen molar-refractivity contribution in [2.45, 2.75) is 6.54 Å². The van der Waals surface area contributed by atoms with Crippen LogP contribution in [0.4, 0.5) is 0 Å². The smallest absolute Gasteiger partial charge is 0.294 e. The number of nitrogens with zero attached hydrogens (tertiary/aromatic N) is 1. The fourth-order valence-corrected chi connectivity index (χ4v) is 2.75. The Bertz CT molecular complexity index is 1050. The summed E-state index contributed by atoms with van der Waals surface area (Å²) in [5, 5.41) is 4.58. The number of furan rings is 1. The highest BCUT2D eigenvalue weighted by Gasteiger charge is 2.09. The van der Waals surface area contributed by atoms with Crippen LogP contribution < -0.4 is 10.9 Å². The van der Waals surface area contributed by atoms with Gasteiger partial charge in [-0.3, -0.25) is 9.59 Å². The maximum Gasteiger partial charge on any atom is 0.294 e. The molecule has 0 saturated carbocycles. The van der Waals surface area contributed by atoms with Crippen molar-refractivity contribution < 1.29 is 9.21 Å². The number of aromatic nitrogens is 2. The van der Waals surface area contributed by atoms with Gasteiger partial charge in [-0.15, -0.1) is 0 Å². The van der Waals surface area contributed by atoms with Gasteiger partial charge in [0.25, 0.3) is 11.5 Å². The Hall–Kier alpha value is -3.28. The van der Waals surface area contributed by atoms with E-state index in [9.17, 15) is 9.59 Å². The zero-order chi connectivity index (χ0) is 16.5. The second kappa shape index (κ2) is 5.73. The Labute approximate surface area is 136 Å². The van der Waals surface area contributed by atoms with E-state index in [4.69, 9.17) is 4.42 Å². The van der Waals surface area contributed by atoms with Crippen LogP contribution in [-0.4, -0.2) is 22.0 Å². The number of nitrogens with one attached hydrogen (secondary N) is 2. The number of amides is 1. The first-order chi connectivity index (χ1) is 11.7. The van der Waals surface area contributed by atoms with Crippen molar-refractivity contribution in [3.63, 3.8) is 0 Å². The average molecular weight is 321 g/mol. The van der Waals surface area contributed by atoms with Crippen LogP contribution in [0.5, 0.6) is 0 Å². The number of aromatic amines is 1. The average Bonchev–Trinajstić information content (AvgIpc) is 3.23. The highest BCUT2D eigenvalue weighted by molar-refractivity contribution is 5.97.